The fourth-order valence-corrected chi connectivity index (χ4v) is 3.83. The molecule has 0 radical (unpaired) electrons. The van der Waals surface area contributed by atoms with E-state index in [0.717, 1.165) is 18.5 Å². The zero-order chi connectivity index (χ0) is 20.4. The van der Waals surface area contributed by atoms with E-state index in [4.69, 9.17) is 0 Å². The predicted octanol–water partition coefficient (Wildman–Crippen LogP) is 2.75. The Morgan fingerprint density at radius 2 is 1.55 bits per heavy atom. The molecule has 0 heterocycles. The first-order chi connectivity index (χ1) is 13.4. The zero-order valence-electron chi connectivity index (χ0n) is 17.2. The maximum Gasteiger partial charge on any atom is 0.213 e. The number of hydrogen-bond donors (Lipinski definition) is 3. The summed E-state index contributed by atoms with van der Waals surface area (Å²) in [7, 11) is -1.68. The van der Waals surface area contributed by atoms with Crippen LogP contribution < -0.4 is 15.4 Å². The fraction of sp³-hybridized carbons (Fsp3) is 0.381. The van der Waals surface area contributed by atoms with Crippen LogP contribution in [0.3, 0.4) is 0 Å². The third-order valence-corrected chi connectivity index (χ3v) is 5.54. The zero-order valence-corrected chi connectivity index (χ0v) is 20.4. The Balaban J connectivity index is 0.00000420. The highest BCUT2D eigenvalue weighted by Gasteiger charge is 2.10. The van der Waals surface area contributed by atoms with Gasteiger partial charge in [0.15, 0.2) is 5.96 Å². The molecule has 2 aromatic rings. The van der Waals surface area contributed by atoms with Crippen LogP contribution in [0.15, 0.2) is 53.5 Å². The van der Waals surface area contributed by atoms with Crippen molar-refractivity contribution in [3.8, 4) is 0 Å². The molecule has 160 valence electrons. The highest BCUT2D eigenvalue weighted by Crippen LogP contribution is 2.08. The van der Waals surface area contributed by atoms with E-state index in [-0.39, 0.29) is 36.3 Å². The van der Waals surface area contributed by atoms with Gasteiger partial charge in [-0.25, -0.2) is 13.1 Å². The lowest BCUT2D eigenvalue weighted by Crippen LogP contribution is -2.41. The number of hydrogen-bond acceptors (Lipinski definition) is 3. The second kappa shape index (κ2) is 12.8. The number of rotatable bonds is 9. The van der Waals surface area contributed by atoms with Crippen LogP contribution in [0.4, 0.5) is 0 Å². The van der Waals surface area contributed by atoms with Crippen molar-refractivity contribution < 1.29 is 8.42 Å². The molecule has 0 aliphatic heterocycles. The van der Waals surface area contributed by atoms with E-state index in [1.807, 2.05) is 30.3 Å². The van der Waals surface area contributed by atoms with Crippen molar-refractivity contribution in [2.75, 3.05) is 25.9 Å². The molecule has 0 aromatic heterocycles. The topological polar surface area (TPSA) is 82.6 Å². The van der Waals surface area contributed by atoms with E-state index >= 15 is 0 Å². The summed E-state index contributed by atoms with van der Waals surface area (Å²) in [5.41, 5.74) is 4.72. The van der Waals surface area contributed by atoms with Crippen molar-refractivity contribution in [2.45, 2.75) is 26.8 Å². The molecule has 8 heteroatoms. The Morgan fingerprint density at radius 3 is 2.17 bits per heavy atom. The van der Waals surface area contributed by atoms with E-state index in [9.17, 15) is 8.42 Å². The van der Waals surface area contributed by atoms with Gasteiger partial charge in [0, 0.05) is 26.7 Å². The van der Waals surface area contributed by atoms with Crippen LogP contribution in [0.5, 0.6) is 0 Å². The minimum atomic E-state index is -3.35. The lowest BCUT2D eigenvalue weighted by Gasteiger charge is -2.13. The van der Waals surface area contributed by atoms with E-state index in [2.05, 4.69) is 52.4 Å². The van der Waals surface area contributed by atoms with Crippen molar-refractivity contribution >= 4 is 40.0 Å². The van der Waals surface area contributed by atoms with Crippen LogP contribution in [-0.4, -0.2) is 40.3 Å². The van der Waals surface area contributed by atoms with Gasteiger partial charge in [-0.2, -0.15) is 0 Å². The molecule has 29 heavy (non-hydrogen) atoms. The summed E-state index contributed by atoms with van der Waals surface area (Å²) in [5.74, 6) is 0.583. The molecular weight excluding hydrogens is 499 g/mol. The lowest BCUT2D eigenvalue weighted by atomic mass is 10.1. The molecule has 0 saturated heterocycles. The first-order valence-corrected chi connectivity index (χ1v) is 11.1. The van der Waals surface area contributed by atoms with Gasteiger partial charge in [-0.3, -0.25) is 4.99 Å². The van der Waals surface area contributed by atoms with Crippen LogP contribution in [0.2, 0.25) is 0 Å². The van der Waals surface area contributed by atoms with Gasteiger partial charge in [-0.05, 0) is 31.4 Å². The number of aryl methyl sites for hydroxylation is 2. The summed E-state index contributed by atoms with van der Waals surface area (Å²) in [5, 5.41) is 6.28. The predicted molar refractivity (Wildman–Crippen MR) is 131 cm³/mol. The fourth-order valence-electron chi connectivity index (χ4n) is 2.92. The number of benzene rings is 2. The maximum absolute atomic E-state index is 12.1. The number of aliphatic imine (C=N–C) groups is 1. The monoisotopic (exact) mass is 530 g/mol. The molecule has 3 N–H and O–H groups in total. The number of nitrogens with one attached hydrogen (secondary N) is 3. The standard InChI is InChI=1S/C21H30N4O2S.HI/c1-17-13-18(2)15-20(14-17)9-10-23-21(22-3)24-11-12-28(26,27)25-16-19-7-5-4-6-8-19;/h4-8,13-15,25H,9-12,16H2,1-3H3,(H2,22,23,24);1H. The highest BCUT2D eigenvalue weighted by molar-refractivity contribution is 14.0. The van der Waals surface area contributed by atoms with Crippen LogP contribution in [0.1, 0.15) is 22.3 Å². The molecule has 0 atom stereocenters. The van der Waals surface area contributed by atoms with E-state index in [1.165, 1.54) is 16.7 Å². The SMILES string of the molecule is CN=C(NCCc1cc(C)cc(C)c1)NCCS(=O)(=O)NCc1ccccc1.I. The van der Waals surface area contributed by atoms with E-state index < -0.39 is 10.0 Å². The van der Waals surface area contributed by atoms with Crippen LogP contribution >= 0.6 is 24.0 Å². The van der Waals surface area contributed by atoms with Crippen LogP contribution in [0.25, 0.3) is 0 Å². The minimum absolute atomic E-state index is 0. The molecule has 2 rings (SSSR count). The second-order valence-electron chi connectivity index (χ2n) is 6.80. The first kappa shape index (κ1) is 25.4. The van der Waals surface area contributed by atoms with E-state index in [0.29, 0.717) is 12.5 Å². The van der Waals surface area contributed by atoms with Crippen molar-refractivity contribution in [2.24, 2.45) is 4.99 Å². The Morgan fingerprint density at radius 1 is 0.931 bits per heavy atom. The van der Waals surface area contributed by atoms with E-state index in [1.54, 1.807) is 7.05 Å². The second-order valence-corrected chi connectivity index (χ2v) is 8.72. The van der Waals surface area contributed by atoms with Gasteiger partial charge in [0.05, 0.1) is 5.75 Å². The third-order valence-electron chi connectivity index (χ3n) is 4.21. The van der Waals surface area contributed by atoms with Gasteiger partial charge < -0.3 is 10.6 Å². The van der Waals surface area contributed by atoms with Gasteiger partial charge in [-0.1, -0.05) is 59.7 Å². The van der Waals surface area contributed by atoms with Crippen molar-refractivity contribution in [1.29, 1.82) is 0 Å². The van der Waals surface area contributed by atoms with Crippen molar-refractivity contribution in [3.05, 3.63) is 70.8 Å². The van der Waals surface area contributed by atoms with Crippen LogP contribution in [-0.2, 0) is 23.0 Å². The molecule has 0 aliphatic carbocycles. The minimum Gasteiger partial charge on any atom is -0.356 e. The van der Waals surface area contributed by atoms with Crippen molar-refractivity contribution in [1.82, 2.24) is 15.4 Å². The molecule has 0 bridgehead atoms. The maximum atomic E-state index is 12.1. The Labute approximate surface area is 191 Å². The summed E-state index contributed by atoms with van der Waals surface area (Å²) >= 11 is 0. The molecule has 0 unspecified atom stereocenters. The van der Waals surface area contributed by atoms with Gasteiger partial charge in [0.1, 0.15) is 0 Å². The van der Waals surface area contributed by atoms with Gasteiger partial charge in [0.25, 0.3) is 0 Å². The number of halogens is 1. The van der Waals surface area contributed by atoms with Gasteiger partial charge in [0.2, 0.25) is 10.0 Å². The summed E-state index contributed by atoms with van der Waals surface area (Å²) in [6, 6.07) is 16.0. The molecule has 0 aliphatic rings. The molecule has 0 amide bonds. The van der Waals surface area contributed by atoms with Crippen LogP contribution in [0, 0.1) is 13.8 Å². The first-order valence-electron chi connectivity index (χ1n) is 9.41. The Kier molecular flexibility index (Phi) is 11.2. The van der Waals surface area contributed by atoms with Gasteiger partial charge >= 0.3 is 0 Å². The Bertz CT molecular complexity index is 867. The molecular formula is C21H31IN4O2S. The average Bonchev–Trinajstić information content (AvgIpc) is 2.65. The van der Waals surface area contributed by atoms with Crippen molar-refractivity contribution in [3.63, 3.8) is 0 Å². The third kappa shape index (κ3) is 10.1. The smallest absolute Gasteiger partial charge is 0.213 e. The summed E-state index contributed by atoms with van der Waals surface area (Å²) in [4.78, 5) is 4.15. The molecule has 2 aromatic carbocycles. The number of sulfonamides is 1. The Hall–Kier alpha value is -1.65. The molecule has 0 saturated carbocycles. The number of nitrogens with zero attached hydrogens (tertiary/aromatic N) is 1. The molecule has 0 fully saturated rings. The quantitative estimate of drug-likeness (QED) is 0.265. The summed E-state index contributed by atoms with van der Waals surface area (Å²) < 4.78 is 26.9. The number of guanidine groups is 1. The summed E-state index contributed by atoms with van der Waals surface area (Å²) in [6.07, 6.45) is 0.875. The molecule has 6 nitrogen and oxygen atoms in total. The lowest BCUT2D eigenvalue weighted by molar-refractivity contribution is 0.580. The van der Waals surface area contributed by atoms with Gasteiger partial charge in [-0.15, -0.1) is 24.0 Å². The normalized spacial score (nSPS) is 11.6. The summed E-state index contributed by atoms with van der Waals surface area (Å²) in [6.45, 7) is 5.49. The highest BCUT2D eigenvalue weighted by atomic mass is 127. The average molecular weight is 530 g/mol. The largest absolute Gasteiger partial charge is 0.356 e. The molecule has 0 spiro atoms.